The number of nitrogens with zero attached hydrogens (tertiary/aromatic N) is 1. The summed E-state index contributed by atoms with van der Waals surface area (Å²) >= 11 is 0. The summed E-state index contributed by atoms with van der Waals surface area (Å²) in [6, 6.07) is 18.9. The molecular formula is C18H14FNO. The fourth-order valence-electron chi connectivity index (χ4n) is 2.26. The Morgan fingerprint density at radius 3 is 2.14 bits per heavy atom. The highest BCUT2D eigenvalue weighted by molar-refractivity contribution is 5.63. The third-order valence-electron chi connectivity index (χ3n) is 3.38. The topological polar surface area (TPSA) is 33.1 Å². The quantitative estimate of drug-likeness (QED) is 0.787. The molecule has 1 aromatic heterocycles. The lowest BCUT2D eigenvalue weighted by molar-refractivity contribution is 0.219. The summed E-state index contributed by atoms with van der Waals surface area (Å²) in [5.41, 5.74) is 3.35. The molecule has 3 rings (SSSR count). The number of pyridine rings is 1. The lowest BCUT2D eigenvalue weighted by atomic mass is 9.99. The van der Waals surface area contributed by atoms with Gasteiger partial charge in [-0.25, -0.2) is 4.39 Å². The van der Waals surface area contributed by atoms with Crippen molar-refractivity contribution in [2.75, 3.05) is 0 Å². The summed E-state index contributed by atoms with van der Waals surface area (Å²) in [5, 5.41) is 10.3. The Morgan fingerprint density at radius 1 is 0.810 bits per heavy atom. The van der Waals surface area contributed by atoms with Crippen molar-refractivity contribution in [2.45, 2.75) is 6.10 Å². The number of halogens is 1. The van der Waals surface area contributed by atoms with Crippen LogP contribution in [-0.2, 0) is 0 Å². The molecule has 2 nitrogen and oxygen atoms in total. The minimum atomic E-state index is -0.877. The van der Waals surface area contributed by atoms with Gasteiger partial charge in [-0.2, -0.15) is 0 Å². The van der Waals surface area contributed by atoms with E-state index in [0.717, 1.165) is 17.3 Å². The van der Waals surface area contributed by atoms with Crippen LogP contribution in [0.2, 0.25) is 0 Å². The average molecular weight is 279 g/mol. The summed E-state index contributed by atoms with van der Waals surface area (Å²) in [6.07, 6.45) is 1.71. The Kier molecular flexibility index (Phi) is 3.75. The lowest BCUT2D eigenvalue weighted by Crippen LogP contribution is -2.00. The van der Waals surface area contributed by atoms with Crippen LogP contribution in [0.3, 0.4) is 0 Å². The summed E-state index contributed by atoms with van der Waals surface area (Å²) in [5.74, 6) is -0.451. The Morgan fingerprint density at radius 2 is 1.48 bits per heavy atom. The number of aliphatic hydroxyl groups excluding tert-OH is 1. The molecule has 3 heteroatoms. The molecule has 3 aromatic rings. The van der Waals surface area contributed by atoms with E-state index in [1.54, 1.807) is 0 Å². The molecule has 104 valence electrons. The van der Waals surface area contributed by atoms with Gasteiger partial charge in [0.2, 0.25) is 0 Å². The van der Waals surface area contributed by atoms with Crippen molar-refractivity contribution in [3.63, 3.8) is 0 Å². The highest BCUT2D eigenvalue weighted by Crippen LogP contribution is 2.25. The van der Waals surface area contributed by atoms with Crippen molar-refractivity contribution in [3.8, 4) is 11.1 Å². The monoisotopic (exact) mass is 279 g/mol. The third-order valence-corrected chi connectivity index (χ3v) is 3.38. The minimum Gasteiger partial charge on any atom is -0.384 e. The van der Waals surface area contributed by atoms with Crippen LogP contribution in [0.4, 0.5) is 4.39 Å². The zero-order valence-electron chi connectivity index (χ0n) is 11.3. The molecule has 0 saturated heterocycles. The van der Waals surface area contributed by atoms with Crippen molar-refractivity contribution in [3.05, 3.63) is 90.0 Å². The lowest BCUT2D eigenvalue weighted by Gasteiger charge is -2.12. The van der Waals surface area contributed by atoms with Gasteiger partial charge in [0.25, 0.3) is 0 Å². The van der Waals surface area contributed by atoms with Gasteiger partial charge in [0, 0.05) is 11.8 Å². The minimum absolute atomic E-state index is 0.447. The van der Waals surface area contributed by atoms with Crippen molar-refractivity contribution < 1.29 is 9.50 Å². The SMILES string of the molecule is OC(c1ccc(-c2ccccc2)cc1)c1cncc(F)c1. The molecule has 1 unspecified atom stereocenters. The van der Waals surface area contributed by atoms with Crippen molar-refractivity contribution in [1.82, 2.24) is 4.98 Å². The molecular weight excluding hydrogens is 265 g/mol. The van der Waals surface area contributed by atoms with Gasteiger partial charge in [-0.3, -0.25) is 4.98 Å². The van der Waals surface area contributed by atoms with Gasteiger partial charge in [-0.15, -0.1) is 0 Å². The highest BCUT2D eigenvalue weighted by Gasteiger charge is 2.11. The van der Waals surface area contributed by atoms with Crippen LogP contribution in [0.25, 0.3) is 11.1 Å². The first-order valence-electron chi connectivity index (χ1n) is 6.68. The predicted octanol–water partition coefficient (Wildman–Crippen LogP) is 3.97. The first kappa shape index (κ1) is 13.5. The number of rotatable bonds is 3. The largest absolute Gasteiger partial charge is 0.384 e. The molecule has 0 radical (unpaired) electrons. The second-order valence-electron chi connectivity index (χ2n) is 4.83. The van der Waals surface area contributed by atoms with E-state index in [2.05, 4.69) is 4.98 Å². The fraction of sp³-hybridized carbons (Fsp3) is 0.0556. The van der Waals surface area contributed by atoms with Crippen molar-refractivity contribution in [2.24, 2.45) is 0 Å². The normalized spacial score (nSPS) is 12.1. The Bertz CT molecular complexity index is 726. The Balaban J connectivity index is 1.87. The van der Waals surface area contributed by atoms with Gasteiger partial charge in [-0.05, 0) is 22.8 Å². The van der Waals surface area contributed by atoms with E-state index in [1.807, 2.05) is 54.6 Å². The molecule has 0 saturated carbocycles. The summed E-state index contributed by atoms with van der Waals surface area (Å²) in [4.78, 5) is 3.76. The molecule has 0 fully saturated rings. The van der Waals surface area contributed by atoms with Gasteiger partial charge < -0.3 is 5.11 Å². The van der Waals surface area contributed by atoms with Crippen LogP contribution >= 0.6 is 0 Å². The van der Waals surface area contributed by atoms with E-state index in [0.29, 0.717) is 11.1 Å². The fourth-order valence-corrected chi connectivity index (χ4v) is 2.26. The maximum Gasteiger partial charge on any atom is 0.141 e. The standard InChI is InChI=1S/C18H14FNO/c19-17-10-16(11-20-12-17)18(21)15-8-6-14(7-9-15)13-4-2-1-3-5-13/h1-12,18,21H. The maximum absolute atomic E-state index is 13.2. The zero-order chi connectivity index (χ0) is 14.7. The van der Waals surface area contributed by atoms with E-state index < -0.39 is 11.9 Å². The highest BCUT2D eigenvalue weighted by atomic mass is 19.1. The van der Waals surface area contributed by atoms with Gasteiger partial charge in [0.05, 0.1) is 6.20 Å². The Hall–Kier alpha value is -2.52. The third kappa shape index (κ3) is 2.98. The van der Waals surface area contributed by atoms with Crippen molar-refractivity contribution in [1.29, 1.82) is 0 Å². The maximum atomic E-state index is 13.2. The first-order chi connectivity index (χ1) is 10.2. The van der Waals surface area contributed by atoms with E-state index in [-0.39, 0.29) is 0 Å². The molecule has 21 heavy (non-hydrogen) atoms. The molecule has 1 N–H and O–H groups in total. The molecule has 0 aliphatic carbocycles. The summed E-state index contributed by atoms with van der Waals surface area (Å²) in [7, 11) is 0. The number of benzene rings is 2. The Labute approximate surface area is 122 Å². The molecule has 0 amide bonds. The predicted molar refractivity (Wildman–Crippen MR) is 80.1 cm³/mol. The zero-order valence-corrected chi connectivity index (χ0v) is 11.3. The van der Waals surface area contributed by atoms with Crippen LogP contribution in [0, 0.1) is 5.82 Å². The number of aromatic nitrogens is 1. The van der Waals surface area contributed by atoms with Crippen LogP contribution in [0.5, 0.6) is 0 Å². The molecule has 0 bridgehead atoms. The average Bonchev–Trinajstić information content (AvgIpc) is 2.55. The molecule has 0 aliphatic heterocycles. The second kappa shape index (κ2) is 5.85. The first-order valence-corrected chi connectivity index (χ1v) is 6.68. The van der Waals surface area contributed by atoms with Crippen LogP contribution in [-0.4, -0.2) is 10.1 Å². The molecule has 0 aliphatic rings. The number of aliphatic hydroxyl groups is 1. The molecule has 1 heterocycles. The number of hydrogen-bond donors (Lipinski definition) is 1. The molecule has 2 aromatic carbocycles. The van der Waals surface area contributed by atoms with Gasteiger partial charge in [0.1, 0.15) is 11.9 Å². The van der Waals surface area contributed by atoms with Crippen LogP contribution < -0.4 is 0 Å². The van der Waals surface area contributed by atoms with Crippen molar-refractivity contribution >= 4 is 0 Å². The molecule has 0 spiro atoms. The van der Waals surface area contributed by atoms with Gasteiger partial charge in [-0.1, -0.05) is 54.6 Å². The van der Waals surface area contributed by atoms with E-state index in [9.17, 15) is 9.50 Å². The second-order valence-corrected chi connectivity index (χ2v) is 4.83. The van der Waals surface area contributed by atoms with Crippen LogP contribution in [0.15, 0.2) is 73.1 Å². The van der Waals surface area contributed by atoms with E-state index in [1.165, 1.54) is 12.3 Å². The van der Waals surface area contributed by atoms with Gasteiger partial charge >= 0.3 is 0 Å². The van der Waals surface area contributed by atoms with Gasteiger partial charge in [0.15, 0.2) is 0 Å². The smallest absolute Gasteiger partial charge is 0.141 e. The summed E-state index contributed by atoms with van der Waals surface area (Å²) in [6.45, 7) is 0. The van der Waals surface area contributed by atoms with Crippen LogP contribution in [0.1, 0.15) is 17.2 Å². The molecule has 1 atom stereocenters. The van der Waals surface area contributed by atoms with E-state index >= 15 is 0 Å². The van der Waals surface area contributed by atoms with E-state index in [4.69, 9.17) is 0 Å². The number of hydrogen-bond acceptors (Lipinski definition) is 2. The summed E-state index contributed by atoms with van der Waals surface area (Å²) < 4.78 is 13.2.